The van der Waals surface area contributed by atoms with E-state index in [0.717, 1.165) is 36.5 Å². The van der Waals surface area contributed by atoms with Crippen LogP contribution in [0.2, 0.25) is 0 Å². The van der Waals surface area contributed by atoms with E-state index in [1.807, 2.05) is 12.1 Å². The molecule has 1 aliphatic rings. The average Bonchev–Trinajstić information content (AvgIpc) is 2.84. The third-order valence-electron chi connectivity index (χ3n) is 6.31. The number of methoxy groups -OCH3 is 3. The Kier molecular flexibility index (Phi) is 6.31. The highest BCUT2D eigenvalue weighted by Crippen LogP contribution is 2.44. The van der Waals surface area contributed by atoms with Crippen molar-refractivity contribution in [3.8, 4) is 17.2 Å². The van der Waals surface area contributed by atoms with Crippen LogP contribution in [0.25, 0.3) is 5.57 Å². The van der Waals surface area contributed by atoms with Gasteiger partial charge in [-0.2, -0.15) is 0 Å². The number of benzene rings is 3. The highest BCUT2D eigenvalue weighted by Gasteiger charge is 2.28. The molecule has 3 aromatic carbocycles. The Bertz CT molecular complexity index is 1060. The standard InChI is InChI=1S/C28H30O3/c1-5-25-26(20-8-13-23(30-3)14-9-20)17-21-10-15-24(31-4)18-27(21)28(25)16-19-6-11-22(29-2)12-7-19/h6-15,18,26H,5,16-17H2,1-4H3. The van der Waals surface area contributed by atoms with Crippen LogP contribution >= 0.6 is 0 Å². The fraction of sp³-hybridized carbons (Fsp3) is 0.286. The first-order valence-electron chi connectivity index (χ1n) is 10.8. The maximum atomic E-state index is 5.56. The summed E-state index contributed by atoms with van der Waals surface area (Å²) in [5, 5.41) is 0. The van der Waals surface area contributed by atoms with E-state index in [2.05, 4.69) is 61.5 Å². The molecule has 3 aromatic rings. The van der Waals surface area contributed by atoms with Crippen molar-refractivity contribution in [2.75, 3.05) is 21.3 Å². The van der Waals surface area contributed by atoms with Crippen LogP contribution in [0.3, 0.4) is 0 Å². The summed E-state index contributed by atoms with van der Waals surface area (Å²) in [4.78, 5) is 0. The van der Waals surface area contributed by atoms with E-state index in [1.54, 1.807) is 21.3 Å². The predicted molar refractivity (Wildman–Crippen MR) is 126 cm³/mol. The Balaban J connectivity index is 1.81. The summed E-state index contributed by atoms with van der Waals surface area (Å²) < 4.78 is 16.3. The second-order valence-corrected chi connectivity index (χ2v) is 7.94. The Morgan fingerprint density at radius 3 is 1.90 bits per heavy atom. The Morgan fingerprint density at radius 1 is 0.742 bits per heavy atom. The van der Waals surface area contributed by atoms with Crippen molar-refractivity contribution in [1.82, 2.24) is 0 Å². The molecule has 1 aliphatic carbocycles. The van der Waals surface area contributed by atoms with E-state index < -0.39 is 0 Å². The summed E-state index contributed by atoms with van der Waals surface area (Å²) in [5.74, 6) is 3.05. The predicted octanol–water partition coefficient (Wildman–Crippen LogP) is 6.46. The van der Waals surface area contributed by atoms with Crippen LogP contribution in [0.15, 0.2) is 72.3 Å². The molecular weight excluding hydrogens is 384 g/mol. The van der Waals surface area contributed by atoms with Crippen molar-refractivity contribution in [1.29, 1.82) is 0 Å². The van der Waals surface area contributed by atoms with Crippen LogP contribution in [0.1, 0.15) is 41.5 Å². The second-order valence-electron chi connectivity index (χ2n) is 7.94. The fourth-order valence-corrected chi connectivity index (χ4v) is 4.64. The lowest BCUT2D eigenvalue weighted by Crippen LogP contribution is -2.16. The van der Waals surface area contributed by atoms with E-state index in [0.29, 0.717) is 5.92 Å². The summed E-state index contributed by atoms with van der Waals surface area (Å²) >= 11 is 0. The molecule has 0 N–H and O–H groups in total. The molecule has 3 nitrogen and oxygen atoms in total. The first-order chi connectivity index (χ1) is 15.2. The molecule has 0 amide bonds. The summed E-state index contributed by atoms with van der Waals surface area (Å²) in [6.45, 7) is 2.27. The van der Waals surface area contributed by atoms with Crippen molar-refractivity contribution in [3.63, 3.8) is 0 Å². The lowest BCUT2D eigenvalue weighted by Gasteiger charge is -2.31. The van der Waals surface area contributed by atoms with Gasteiger partial charge in [-0.25, -0.2) is 0 Å². The zero-order chi connectivity index (χ0) is 21.8. The molecule has 160 valence electrons. The molecule has 0 aromatic heterocycles. The van der Waals surface area contributed by atoms with Gasteiger partial charge in [0.1, 0.15) is 17.2 Å². The van der Waals surface area contributed by atoms with Gasteiger partial charge in [-0.15, -0.1) is 0 Å². The zero-order valence-electron chi connectivity index (χ0n) is 18.8. The van der Waals surface area contributed by atoms with Gasteiger partial charge in [0.25, 0.3) is 0 Å². The van der Waals surface area contributed by atoms with E-state index in [1.165, 1.54) is 33.4 Å². The first kappa shape index (κ1) is 21.0. The molecule has 1 unspecified atom stereocenters. The largest absolute Gasteiger partial charge is 0.497 e. The number of allylic oxidation sites excluding steroid dienone is 2. The number of hydrogen-bond acceptors (Lipinski definition) is 3. The topological polar surface area (TPSA) is 27.7 Å². The minimum absolute atomic E-state index is 0.366. The van der Waals surface area contributed by atoms with Gasteiger partial charge in [0.05, 0.1) is 21.3 Å². The van der Waals surface area contributed by atoms with Crippen molar-refractivity contribution < 1.29 is 14.2 Å². The molecular formula is C28H30O3. The monoisotopic (exact) mass is 414 g/mol. The van der Waals surface area contributed by atoms with Crippen LogP contribution in [-0.2, 0) is 12.8 Å². The van der Waals surface area contributed by atoms with Crippen molar-refractivity contribution in [2.24, 2.45) is 0 Å². The molecule has 0 saturated heterocycles. The highest BCUT2D eigenvalue weighted by molar-refractivity contribution is 5.77. The second kappa shape index (κ2) is 9.30. The minimum atomic E-state index is 0.366. The molecule has 1 atom stereocenters. The molecule has 31 heavy (non-hydrogen) atoms. The molecule has 4 rings (SSSR count). The van der Waals surface area contributed by atoms with Gasteiger partial charge in [-0.1, -0.05) is 42.8 Å². The van der Waals surface area contributed by atoms with Crippen LogP contribution in [0.4, 0.5) is 0 Å². The summed E-state index contributed by atoms with van der Waals surface area (Å²) in [7, 11) is 5.15. The van der Waals surface area contributed by atoms with Gasteiger partial charge < -0.3 is 14.2 Å². The van der Waals surface area contributed by atoms with Crippen LogP contribution < -0.4 is 14.2 Å². The van der Waals surface area contributed by atoms with E-state index in [-0.39, 0.29) is 0 Å². The Morgan fingerprint density at radius 2 is 1.32 bits per heavy atom. The normalized spacial score (nSPS) is 15.4. The van der Waals surface area contributed by atoms with E-state index in [9.17, 15) is 0 Å². The van der Waals surface area contributed by atoms with Gasteiger partial charge in [0.2, 0.25) is 0 Å². The summed E-state index contributed by atoms with van der Waals surface area (Å²) in [6, 6.07) is 23.5. The van der Waals surface area contributed by atoms with Gasteiger partial charge in [-0.05, 0) is 83.5 Å². The van der Waals surface area contributed by atoms with Crippen LogP contribution in [-0.4, -0.2) is 21.3 Å². The molecule has 0 spiro atoms. The molecule has 0 bridgehead atoms. The van der Waals surface area contributed by atoms with Gasteiger partial charge in [0, 0.05) is 5.92 Å². The van der Waals surface area contributed by atoms with Gasteiger partial charge in [-0.3, -0.25) is 0 Å². The molecule has 0 heterocycles. The number of rotatable bonds is 7. The molecule has 0 radical (unpaired) electrons. The molecule has 3 heteroatoms. The Labute approximate surface area is 185 Å². The lowest BCUT2D eigenvalue weighted by atomic mass is 9.73. The smallest absolute Gasteiger partial charge is 0.119 e. The van der Waals surface area contributed by atoms with Crippen molar-refractivity contribution >= 4 is 5.57 Å². The van der Waals surface area contributed by atoms with E-state index >= 15 is 0 Å². The van der Waals surface area contributed by atoms with Gasteiger partial charge in [0.15, 0.2) is 0 Å². The summed E-state index contributed by atoms with van der Waals surface area (Å²) in [5.41, 5.74) is 8.23. The average molecular weight is 415 g/mol. The minimum Gasteiger partial charge on any atom is -0.497 e. The number of ether oxygens (including phenoxy) is 3. The Hall–Kier alpha value is -3.20. The maximum absolute atomic E-state index is 5.56. The fourth-order valence-electron chi connectivity index (χ4n) is 4.64. The molecule has 0 fully saturated rings. The highest BCUT2D eigenvalue weighted by atomic mass is 16.5. The SMILES string of the molecule is CCC1=C(Cc2ccc(OC)cc2)c2cc(OC)ccc2CC1c1ccc(OC)cc1. The number of fused-ring (bicyclic) bond motifs is 1. The third kappa shape index (κ3) is 4.32. The zero-order valence-corrected chi connectivity index (χ0v) is 18.8. The van der Waals surface area contributed by atoms with Crippen LogP contribution in [0, 0.1) is 0 Å². The number of hydrogen-bond donors (Lipinski definition) is 0. The van der Waals surface area contributed by atoms with Crippen LogP contribution in [0.5, 0.6) is 17.2 Å². The molecule has 0 saturated carbocycles. The van der Waals surface area contributed by atoms with Crippen molar-refractivity contribution in [2.45, 2.75) is 32.1 Å². The van der Waals surface area contributed by atoms with E-state index in [4.69, 9.17) is 14.2 Å². The quantitative estimate of drug-likeness (QED) is 0.444. The van der Waals surface area contributed by atoms with Crippen molar-refractivity contribution in [3.05, 3.63) is 94.6 Å². The summed E-state index contributed by atoms with van der Waals surface area (Å²) in [6.07, 6.45) is 2.90. The van der Waals surface area contributed by atoms with Gasteiger partial charge >= 0.3 is 0 Å². The first-order valence-corrected chi connectivity index (χ1v) is 10.8. The molecule has 0 aliphatic heterocycles. The maximum Gasteiger partial charge on any atom is 0.119 e. The lowest BCUT2D eigenvalue weighted by molar-refractivity contribution is 0.414. The third-order valence-corrected chi connectivity index (χ3v) is 6.31.